The van der Waals surface area contributed by atoms with Crippen LogP contribution in [0.4, 0.5) is 0 Å². The molecule has 0 aromatic heterocycles. The van der Waals surface area contributed by atoms with E-state index < -0.39 is 0 Å². The molecule has 21 heavy (non-hydrogen) atoms. The largest absolute Gasteiger partial charge is 0.384 e. The van der Waals surface area contributed by atoms with Crippen LogP contribution in [-0.2, 0) is 11.3 Å². The molecule has 1 aromatic rings. The molecule has 0 atom stereocenters. The van der Waals surface area contributed by atoms with E-state index >= 15 is 0 Å². The molecule has 0 aliphatic carbocycles. The van der Waals surface area contributed by atoms with Gasteiger partial charge in [-0.2, -0.15) is 0 Å². The number of carbonyl (C=O) groups excluding carboxylic acids is 1. The molecular formula is C17H24N2O2. The van der Waals surface area contributed by atoms with Gasteiger partial charge in [0.15, 0.2) is 0 Å². The lowest BCUT2D eigenvalue weighted by Crippen LogP contribution is -2.39. The first-order chi connectivity index (χ1) is 10.1. The van der Waals surface area contributed by atoms with E-state index in [0.29, 0.717) is 13.1 Å². The topological polar surface area (TPSA) is 52.6 Å². The van der Waals surface area contributed by atoms with E-state index in [4.69, 9.17) is 5.11 Å². The number of rotatable bonds is 6. The molecule has 0 bridgehead atoms. The predicted molar refractivity (Wildman–Crippen MR) is 84.6 cm³/mol. The van der Waals surface area contributed by atoms with Crippen molar-refractivity contribution < 1.29 is 9.90 Å². The van der Waals surface area contributed by atoms with E-state index in [1.165, 1.54) is 0 Å². The standard InChI is InChI=1S/C17H24N2O2/c1-4-19(13-17(21)18-14(2)3)12-16-9-6-5-8-15(16)10-7-11-20/h5-6,8-9,14,20H,4,11-13H2,1-3H3,(H,18,21). The summed E-state index contributed by atoms with van der Waals surface area (Å²) < 4.78 is 0. The molecule has 0 spiro atoms. The summed E-state index contributed by atoms with van der Waals surface area (Å²) in [5.74, 6) is 5.65. The maximum Gasteiger partial charge on any atom is 0.234 e. The summed E-state index contributed by atoms with van der Waals surface area (Å²) in [5.41, 5.74) is 1.96. The second kappa shape index (κ2) is 9.17. The van der Waals surface area contributed by atoms with Crippen LogP contribution in [0.15, 0.2) is 24.3 Å². The molecule has 2 N–H and O–H groups in total. The van der Waals surface area contributed by atoms with Gasteiger partial charge in [-0.1, -0.05) is 37.0 Å². The van der Waals surface area contributed by atoms with Gasteiger partial charge in [0, 0.05) is 18.2 Å². The Hall–Kier alpha value is -1.83. The minimum atomic E-state index is -0.150. The molecule has 4 heteroatoms. The third kappa shape index (κ3) is 6.44. The molecule has 1 aromatic carbocycles. The van der Waals surface area contributed by atoms with E-state index in [9.17, 15) is 4.79 Å². The average molecular weight is 288 g/mol. The fraction of sp³-hybridized carbons (Fsp3) is 0.471. The first-order valence-electron chi connectivity index (χ1n) is 7.26. The second-order valence-corrected chi connectivity index (χ2v) is 5.14. The summed E-state index contributed by atoms with van der Waals surface area (Å²) in [6.45, 7) is 7.61. The molecule has 114 valence electrons. The van der Waals surface area contributed by atoms with E-state index in [0.717, 1.165) is 17.7 Å². The Labute approximate surface area is 127 Å². The SMILES string of the molecule is CCN(CC(=O)NC(C)C)Cc1ccccc1C#CCO. The van der Waals surface area contributed by atoms with Gasteiger partial charge in [0.2, 0.25) is 5.91 Å². The maximum atomic E-state index is 11.9. The predicted octanol–water partition coefficient (Wildman–Crippen LogP) is 1.38. The smallest absolute Gasteiger partial charge is 0.234 e. The Bertz CT molecular complexity index is 515. The van der Waals surface area contributed by atoms with Crippen molar-refractivity contribution in [2.45, 2.75) is 33.4 Å². The van der Waals surface area contributed by atoms with Gasteiger partial charge < -0.3 is 10.4 Å². The lowest BCUT2D eigenvalue weighted by molar-refractivity contribution is -0.122. The molecule has 0 unspecified atom stereocenters. The molecule has 0 heterocycles. The van der Waals surface area contributed by atoms with Crippen molar-refractivity contribution in [3.05, 3.63) is 35.4 Å². The van der Waals surface area contributed by atoms with Crippen LogP contribution < -0.4 is 5.32 Å². The highest BCUT2D eigenvalue weighted by atomic mass is 16.2. The molecule has 4 nitrogen and oxygen atoms in total. The Morgan fingerprint density at radius 3 is 2.71 bits per heavy atom. The summed E-state index contributed by atoms with van der Waals surface area (Å²) in [7, 11) is 0. The van der Waals surface area contributed by atoms with Gasteiger partial charge in [-0.15, -0.1) is 0 Å². The molecule has 0 saturated carbocycles. The molecule has 1 rings (SSSR count). The second-order valence-electron chi connectivity index (χ2n) is 5.14. The third-order valence-electron chi connectivity index (χ3n) is 2.98. The maximum absolute atomic E-state index is 11.9. The number of benzene rings is 1. The molecule has 1 amide bonds. The quantitative estimate of drug-likeness (QED) is 0.778. The number of nitrogens with zero attached hydrogens (tertiary/aromatic N) is 1. The van der Waals surface area contributed by atoms with E-state index in [2.05, 4.69) is 22.1 Å². The van der Waals surface area contributed by atoms with Gasteiger partial charge in [-0.3, -0.25) is 9.69 Å². The number of aliphatic hydroxyl groups excluding tert-OH is 1. The first-order valence-corrected chi connectivity index (χ1v) is 7.26. The number of aliphatic hydroxyl groups is 1. The zero-order chi connectivity index (χ0) is 15.7. The lowest BCUT2D eigenvalue weighted by atomic mass is 10.1. The van der Waals surface area contributed by atoms with E-state index in [1.54, 1.807) is 0 Å². The summed E-state index contributed by atoms with van der Waals surface area (Å²) in [5, 5.41) is 11.7. The minimum Gasteiger partial charge on any atom is -0.384 e. The van der Waals surface area contributed by atoms with Crippen LogP contribution >= 0.6 is 0 Å². The highest BCUT2D eigenvalue weighted by Gasteiger charge is 2.11. The fourth-order valence-corrected chi connectivity index (χ4v) is 2.01. The van der Waals surface area contributed by atoms with Gasteiger partial charge in [-0.05, 0) is 32.0 Å². The number of carbonyl (C=O) groups is 1. The zero-order valence-corrected chi connectivity index (χ0v) is 13.0. The number of hydrogen-bond donors (Lipinski definition) is 2. The Morgan fingerprint density at radius 2 is 2.10 bits per heavy atom. The van der Waals surface area contributed by atoms with Crippen molar-refractivity contribution in [2.75, 3.05) is 19.7 Å². The highest BCUT2D eigenvalue weighted by molar-refractivity contribution is 5.78. The molecule has 0 radical (unpaired) electrons. The summed E-state index contributed by atoms with van der Waals surface area (Å²) >= 11 is 0. The number of hydrogen-bond acceptors (Lipinski definition) is 3. The minimum absolute atomic E-state index is 0.0331. The van der Waals surface area contributed by atoms with Crippen molar-refractivity contribution in [1.82, 2.24) is 10.2 Å². The summed E-state index contributed by atoms with van der Waals surface area (Å²) in [6, 6.07) is 7.97. The van der Waals surface area contributed by atoms with Gasteiger partial charge in [0.05, 0.1) is 6.54 Å². The van der Waals surface area contributed by atoms with Crippen molar-refractivity contribution in [1.29, 1.82) is 0 Å². The molecule has 0 fully saturated rings. The first kappa shape index (κ1) is 17.2. The van der Waals surface area contributed by atoms with Crippen LogP contribution in [0.5, 0.6) is 0 Å². The number of amides is 1. The van der Waals surface area contributed by atoms with E-state index in [1.807, 2.05) is 45.0 Å². The van der Waals surface area contributed by atoms with Crippen molar-refractivity contribution in [2.24, 2.45) is 0 Å². The lowest BCUT2D eigenvalue weighted by Gasteiger charge is -2.21. The van der Waals surface area contributed by atoms with E-state index in [-0.39, 0.29) is 18.6 Å². The molecule has 0 saturated heterocycles. The van der Waals surface area contributed by atoms with Crippen molar-refractivity contribution in [3.63, 3.8) is 0 Å². The Morgan fingerprint density at radius 1 is 1.38 bits per heavy atom. The van der Waals surface area contributed by atoms with Gasteiger partial charge in [0.25, 0.3) is 0 Å². The molecule has 0 aliphatic rings. The molecule has 0 aliphatic heterocycles. The number of nitrogens with one attached hydrogen (secondary N) is 1. The van der Waals surface area contributed by atoms with Crippen LogP contribution in [0, 0.1) is 11.8 Å². The van der Waals surface area contributed by atoms with Crippen LogP contribution in [-0.4, -0.2) is 41.7 Å². The third-order valence-corrected chi connectivity index (χ3v) is 2.98. The zero-order valence-electron chi connectivity index (χ0n) is 13.0. The van der Waals surface area contributed by atoms with Crippen LogP contribution in [0.25, 0.3) is 0 Å². The van der Waals surface area contributed by atoms with Crippen LogP contribution in [0.2, 0.25) is 0 Å². The van der Waals surface area contributed by atoms with Gasteiger partial charge >= 0.3 is 0 Å². The summed E-state index contributed by atoms with van der Waals surface area (Å²) in [6.07, 6.45) is 0. The Balaban J connectivity index is 2.75. The van der Waals surface area contributed by atoms with Crippen molar-refractivity contribution >= 4 is 5.91 Å². The number of likely N-dealkylation sites (N-methyl/N-ethyl adjacent to an activating group) is 1. The van der Waals surface area contributed by atoms with Gasteiger partial charge in [0.1, 0.15) is 6.61 Å². The average Bonchev–Trinajstić information content (AvgIpc) is 2.44. The normalized spacial score (nSPS) is 10.4. The van der Waals surface area contributed by atoms with Crippen molar-refractivity contribution in [3.8, 4) is 11.8 Å². The summed E-state index contributed by atoms with van der Waals surface area (Å²) in [4.78, 5) is 13.9. The van der Waals surface area contributed by atoms with Crippen LogP contribution in [0.3, 0.4) is 0 Å². The van der Waals surface area contributed by atoms with Crippen LogP contribution in [0.1, 0.15) is 31.9 Å². The highest BCUT2D eigenvalue weighted by Crippen LogP contribution is 2.10. The van der Waals surface area contributed by atoms with Gasteiger partial charge in [-0.25, -0.2) is 0 Å². The fourth-order valence-electron chi connectivity index (χ4n) is 2.01. The monoisotopic (exact) mass is 288 g/mol. The molecular weight excluding hydrogens is 264 g/mol. The Kier molecular flexibility index (Phi) is 7.52.